The number of nitro benzene ring substituents is 1. The first-order chi connectivity index (χ1) is 11.5. The average Bonchev–Trinajstić information content (AvgIpc) is 2.97. The van der Waals surface area contributed by atoms with Crippen molar-refractivity contribution < 1.29 is 28.5 Å². The Morgan fingerprint density at radius 2 is 2.08 bits per heavy atom. The number of hydrogen-bond donors (Lipinski definition) is 0. The normalized spacial score (nSPS) is 10.3. The maximum atomic E-state index is 12.2. The van der Waals surface area contributed by atoms with E-state index in [0.717, 1.165) is 6.07 Å². The van der Waals surface area contributed by atoms with Gasteiger partial charge in [-0.2, -0.15) is 0 Å². The Kier molecular flexibility index (Phi) is 5.35. The van der Waals surface area contributed by atoms with Gasteiger partial charge >= 0.3 is 5.97 Å². The zero-order chi connectivity index (χ0) is 17.7. The second-order valence-corrected chi connectivity index (χ2v) is 4.72. The summed E-state index contributed by atoms with van der Waals surface area (Å²) >= 11 is 0. The van der Waals surface area contributed by atoms with Gasteiger partial charge in [-0.1, -0.05) is 5.16 Å². The maximum Gasteiger partial charge on any atom is 0.345 e. The third-order valence-corrected chi connectivity index (χ3v) is 3.03. The highest BCUT2D eigenvalue weighted by atomic mass is 16.6. The maximum absolute atomic E-state index is 12.2. The SMILES string of the molecule is CCOc1cc(C(=O)OCc2cc(C)on2)c([N+](=O)[O-])cc1OC. The van der Waals surface area contributed by atoms with Gasteiger partial charge in [-0.25, -0.2) is 4.79 Å². The lowest BCUT2D eigenvalue weighted by molar-refractivity contribution is -0.385. The smallest absolute Gasteiger partial charge is 0.345 e. The van der Waals surface area contributed by atoms with Gasteiger partial charge in [0.15, 0.2) is 11.5 Å². The van der Waals surface area contributed by atoms with Gasteiger partial charge in [0.25, 0.3) is 5.69 Å². The van der Waals surface area contributed by atoms with Crippen molar-refractivity contribution in [3.63, 3.8) is 0 Å². The fourth-order valence-electron chi connectivity index (χ4n) is 1.99. The molecule has 0 N–H and O–H groups in total. The van der Waals surface area contributed by atoms with Gasteiger partial charge < -0.3 is 18.7 Å². The molecule has 128 valence electrons. The zero-order valence-electron chi connectivity index (χ0n) is 13.4. The zero-order valence-corrected chi connectivity index (χ0v) is 13.4. The van der Waals surface area contributed by atoms with Crippen LogP contribution in [0.2, 0.25) is 0 Å². The number of esters is 1. The Bertz CT molecular complexity index is 754. The fraction of sp³-hybridized carbons (Fsp3) is 0.333. The molecule has 0 atom stereocenters. The second-order valence-electron chi connectivity index (χ2n) is 4.72. The summed E-state index contributed by atoms with van der Waals surface area (Å²) in [5, 5.41) is 14.9. The van der Waals surface area contributed by atoms with Crippen molar-refractivity contribution in [1.29, 1.82) is 0 Å². The van der Waals surface area contributed by atoms with Crippen molar-refractivity contribution in [3.05, 3.63) is 45.3 Å². The lowest BCUT2D eigenvalue weighted by Gasteiger charge is -2.11. The molecule has 1 aromatic heterocycles. The molecule has 2 aromatic rings. The Morgan fingerprint density at radius 3 is 2.62 bits per heavy atom. The van der Waals surface area contributed by atoms with Crippen LogP contribution in [-0.4, -0.2) is 29.8 Å². The van der Waals surface area contributed by atoms with E-state index in [2.05, 4.69) is 5.16 Å². The summed E-state index contributed by atoms with van der Waals surface area (Å²) in [6.45, 7) is 3.58. The predicted octanol–water partition coefficient (Wildman–Crippen LogP) is 2.66. The molecule has 9 heteroatoms. The largest absolute Gasteiger partial charge is 0.493 e. The monoisotopic (exact) mass is 336 g/mol. The third kappa shape index (κ3) is 3.80. The van der Waals surface area contributed by atoms with Crippen LogP contribution in [0.1, 0.15) is 28.7 Å². The number of aromatic nitrogens is 1. The second kappa shape index (κ2) is 7.44. The number of carbonyl (C=O) groups excluding carboxylic acids is 1. The van der Waals surface area contributed by atoms with Crippen molar-refractivity contribution in [1.82, 2.24) is 5.16 Å². The first-order valence-electron chi connectivity index (χ1n) is 7.04. The molecule has 0 saturated heterocycles. The molecule has 0 bridgehead atoms. The van der Waals surface area contributed by atoms with Crippen LogP contribution in [0.25, 0.3) is 0 Å². The molecule has 0 aliphatic rings. The van der Waals surface area contributed by atoms with Gasteiger partial charge in [-0.15, -0.1) is 0 Å². The molecular weight excluding hydrogens is 320 g/mol. The summed E-state index contributed by atoms with van der Waals surface area (Å²) in [5.41, 5.74) is -0.261. The fourth-order valence-corrected chi connectivity index (χ4v) is 1.99. The van der Waals surface area contributed by atoms with E-state index in [1.165, 1.54) is 13.2 Å². The van der Waals surface area contributed by atoms with Crippen LogP contribution in [-0.2, 0) is 11.3 Å². The Morgan fingerprint density at radius 1 is 1.33 bits per heavy atom. The highest BCUT2D eigenvalue weighted by Crippen LogP contribution is 2.35. The lowest BCUT2D eigenvalue weighted by atomic mass is 10.1. The molecule has 0 fully saturated rings. The average molecular weight is 336 g/mol. The van der Waals surface area contributed by atoms with Crippen LogP contribution in [0.5, 0.6) is 11.5 Å². The molecule has 2 rings (SSSR count). The number of ether oxygens (including phenoxy) is 3. The topological polar surface area (TPSA) is 114 Å². The first kappa shape index (κ1) is 17.3. The molecule has 0 amide bonds. The van der Waals surface area contributed by atoms with E-state index < -0.39 is 16.6 Å². The number of aryl methyl sites for hydroxylation is 1. The summed E-state index contributed by atoms with van der Waals surface area (Å²) in [6, 6.07) is 3.96. The van der Waals surface area contributed by atoms with Gasteiger partial charge in [-0.05, 0) is 13.8 Å². The Labute approximate surface area is 137 Å². The first-order valence-corrected chi connectivity index (χ1v) is 7.04. The van der Waals surface area contributed by atoms with Gasteiger partial charge in [0.1, 0.15) is 23.6 Å². The molecule has 24 heavy (non-hydrogen) atoms. The summed E-state index contributed by atoms with van der Waals surface area (Å²) in [5.74, 6) is 0.0723. The lowest BCUT2D eigenvalue weighted by Crippen LogP contribution is -2.10. The van der Waals surface area contributed by atoms with E-state index in [1.807, 2.05) is 0 Å². The van der Waals surface area contributed by atoms with Crippen LogP contribution in [0.3, 0.4) is 0 Å². The molecule has 0 aliphatic heterocycles. The van der Waals surface area contributed by atoms with E-state index in [0.29, 0.717) is 18.1 Å². The number of nitro groups is 1. The van der Waals surface area contributed by atoms with Crippen molar-refractivity contribution in [2.24, 2.45) is 0 Å². The minimum Gasteiger partial charge on any atom is -0.493 e. The molecule has 0 aliphatic carbocycles. The molecule has 1 aromatic carbocycles. The van der Waals surface area contributed by atoms with E-state index in [4.69, 9.17) is 18.7 Å². The van der Waals surface area contributed by atoms with Crippen molar-refractivity contribution in [3.8, 4) is 11.5 Å². The highest BCUT2D eigenvalue weighted by Gasteiger charge is 2.26. The van der Waals surface area contributed by atoms with Crippen LogP contribution in [0, 0.1) is 17.0 Å². The van der Waals surface area contributed by atoms with Crippen molar-refractivity contribution in [2.75, 3.05) is 13.7 Å². The molecule has 0 saturated carbocycles. The molecular formula is C15H16N2O7. The number of rotatable bonds is 7. The minimum absolute atomic E-state index is 0.159. The van der Waals surface area contributed by atoms with Gasteiger partial charge in [0.2, 0.25) is 0 Å². The molecule has 1 heterocycles. The number of nitrogens with zero attached hydrogens (tertiary/aromatic N) is 2. The quantitative estimate of drug-likeness (QED) is 0.430. The summed E-state index contributed by atoms with van der Waals surface area (Å²) in [6.07, 6.45) is 0. The van der Waals surface area contributed by atoms with Gasteiger partial charge in [0, 0.05) is 12.1 Å². The highest BCUT2D eigenvalue weighted by molar-refractivity contribution is 5.95. The van der Waals surface area contributed by atoms with E-state index >= 15 is 0 Å². The van der Waals surface area contributed by atoms with Crippen LogP contribution in [0.4, 0.5) is 5.69 Å². The Balaban J connectivity index is 2.29. The molecule has 0 unspecified atom stereocenters. The molecule has 0 radical (unpaired) electrons. The summed E-state index contributed by atoms with van der Waals surface area (Å²) in [7, 11) is 1.35. The van der Waals surface area contributed by atoms with Crippen LogP contribution in [0.15, 0.2) is 22.7 Å². The van der Waals surface area contributed by atoms with E-state index in [1.54, 1.807) is 19.9 Å². The number of hydrogen-bond acceptors (Lipinski definition) is 8. The van der Waals surface area contributed by atoms with Crippen molar-refractivity contribution in [2.45, 2.75) is 20.5 Å². The van der Waals surface area contributed by atoms with E-state index in [9.17, 15) is 14.9 Å². The van der Waals surface area contributed by atoms with Crippen LogP contribution < -0.4 is 9.47 Å². The van der Waals surface area contributed by atoms with Crippen molar-refractivity contribution >= 4 is 11.7 Å². The Hall–Kier alpha value is -3.10. The summed E-state index contributed by atoms with van der Waals surface area (Å²) < 4.78 is 20.3. The van der Waals surface area contributed by atoms with Crippen LogP contribution >= 0.6 is 0 Å². The van der Waals surface area contributed by atoms with Gasteiger partial charge in [-0.3, -0.25) is 10.1 Å². The molecule has 0 spiro atoms. The van der Waals surface area contributed by atoms with Gasteiger partial charge in [0.05, 0.1) is 24.7 Å². The number of carbonyl (C=O) groups is 1. The number of benzene rings is 1. The number of methoxy groups -OCH3 is 1. The molecule has 9 nitrogen and oxygen atoms in total. The standard InChI is InChI=1S/C15H16N2O7/c1-4-22-14-6-11(12(17(19)20)7-13(14)21-3)15(18)23-8-10-5-9(2)24-16-10/h5-7H,4,8H2,1-3H3. The third-order valence-electron chi connectivity index (χ3n) is 3.03. The summed E-state index contributed by atoms with van der Waals surface area (Å²) in [4.78, 5) is 22.8. The predicted molar refractivity (Wildman–Crippen MR) is 81.2 cm³/mol. The minimum atomic E-state index is -0.869. The van der Waals surface area contributed by atoms with E-state index in [-0.39, 0.29) is 23.7 Å².